The van der Waals surface area contributed by atoms with Crippen molar-refractivity contribution >= 4 is 23.1 Å². The van der Waals surface area contributed by atoms with E-state index in [4.69, 9.17) is 5.73 Å². The Morgan fingerprint density at radius 3 is 2.60 bits per heavy atom. The molecule has 1 aromatic rings. The van der Waals surface area contributed by atoms with Gasteiger partial charge in [0.15, 0.2) is 5.78 Å². The van der Waals surface area contributed by atoms with E-state index in [0.29, 0.717) is 11.3 Å². The number of carbonyl (C=O) groups is 2. The average molecular weight is 275 g/mol. The fourth-order valence-electron chi connectivity index (χ4n) is 2.68. The lowest BCUT2D eigenvalue weighted by molar-refractivity contribution is -0.129. The molecular weight excluding hydrogens is 254 g/mol. The topological polar surface area (TPSA) is 66.6 Å². The van der Waals surface area contributed by atoms with Crippen molar-refractivity contribution in [3.63, 3.8) is 0 Å². The molecule has 0 spiro atoms. The van der Waals surface area contributed by atoms with Gasteiger partial charge in [0.25, 0.3) is 0 Å². The van der Waals surface area contributed by atoms with E-state index in [9.17, 15) is 9.59 Å². The van der Waals surface area contributed by atoms with Gasteiger partial charge in [-0.2, -0.15) is 0 Å². The van der Waals surface area contributed by atoms with Crippen LogP contribution in [0, 0.1) is 0 Å². The molecule has 2 rings (SSSR count). The van der Waals surface area contributed by atoms with Crippen molar-refractivity contribution in [3.05, 3.63) is 23.8 Å². The van der Waals surface area contributed by atoms with Crippen LogP contribution >= 0.6 is 0 Å². The maximum Gasteiger partial charge on any atom is 0.244 e. The van der Waals surface area contributed by atoms with Gasteiger partial charge < -0.3 is 15.5 Å². The summed E-state index contributed by atoms with van der Waals surface area (Å²) in [4.78, 5) is 27.3. The lowest BCUT2D eigenvalue weighted by Crippen LogP contribution is -2.42. The minimum atomic E-state index is -0.132. The third kappa shape index (κ3) is 2.61. The second-order valence-corrected chi connectivity index (χ2v) is 5.41. The zero-order valence-electron chi connectivity index (χ0n) is 12.2. The second kappa shape index (κ2) is 5.53. The number of likely N-dealkylation sites (N-methyl/N-ethyl adjacent to an activating group) is 1. The summed E-state index contributed by atoms with van der Waals surface area (Å²) in [5.74, 6) is 0.0631. The number of amides is 1. The molecule has 0 saturated carbocycles. The first kappa shape index (κ1) is 14.4. The summed E-state index contributed by atoms with van der Waals surface area (Å²) in [6, 6.07) is 5.27. The molecule has 1 heterocycles. The Morgan fingerprint density at radius 1 is 1.35 bits per heavy atom. The number of ketones is 1. The van der Waals surface area contributed by atoms with Crippen molar-refractivity contribution in [2.24, 2.45) is 0 Å². The number of hydrogen-bond donors (Lipinski definition) is 1. The van der Waals surface area contributed by atoms with Gasteiger partial charge in [0.05, 0.1) is 0 Å². The molecule has 1 amide bonds. The van der Waals surface area contributed by atoms with Crippen molar-refractivity contribution in [3.8, 4) is 0 Å². The number of hydrogen-bond acceptors (Lipinski definition) is 4. The quantitative estimate of drug-likeness (QED) is 0.671. The minimum absolute atomic E-state index is 0.0450. The van der Waals surface area contributed by atoms with Gasteiger partial charge in [-0.05, 0) is 38.0 Å². The van der Waals surface area contributed by atoms with Crippen LogP contribution in [0.2, 0.25) is 0 Å². The van der Waals surface area contributed by atoms with E-state index >= 15 is 0 Å². The first-order valence-corrected chi connectivity index (χ1v) is 6.80. The summed E-state index contributed by atoms with van der Waals surface area (Å²) >= 11 is 0. The van der Waals surface area contributed by atoms with E-state index < -0.39 is 0 Å². The number of nitrogens with zero attached hydrogens (tertiary/aromatic N) is 2. The summed E-state index contributed by atoms with van der Waals surface area (Å²) in [5, 5.41) is 0. The Morgan fingerprint density at radius 2 is 2.05 bits per heavy atom. The normalized spacial score (nSPS) is 18.1. The first-order chi connectivity index (χ1) is 9.41. The van der Waals surface area contributed by atoms with Crippen molar-refractivity contribution in [1.29, 1.82) is 0 Å². The molecule has 1 aromatic carbocycles. The standard InChI is InChI=1S/C15H21N3O2/c1-10(19)12-7-6-11(9-13(12)16)18-8-4-5-14(18)15(20)17(2)3/h6-7,9,14H,4-5,8,16H2,1-3H3. The molecule has 5 nitrogen and oxygen atoms in total. The van der Waals surface area contributed by atoms with Gasteiger partial charge in [-0.3, -0.25) is 9.59 Å². The lowest BCUT2D eigenvalue weighted by atomic mass is 10.1. The van der Waals surface area contributed by atoms with Crippen LogP contribution in [0.25, 0.3) is 0 Å². The minimum Gasteiger partial charge on any atom is -0.398 e. The van der Waals surface area contributed by atoms with Crippen LogP contribution in [0.4, 0.5) is 11.4 Å². The number of benzene rings is 1. The van der Waals surface area contributed by atoms with Crippen LogP contribution < -0.4 is 10.6 Å². The SMILES string of the molecule is CC(=O)c1ccc(N2CCCC2C(=O)N(C)C)cc1N. The van der Waals surface area contributed by atoms with Crippen LogP contribution in [-0.4, -0.2) is 43.3 Å². The van der Waals surface area contributed by atoms with Crippen LogP contribution in [0.15, 0.2) is 18.2 Å². The largest absolute Gasteiger partial charge is 0.398 e. The number of rotatable bonds is 3. The molecule has 1 atom stereocenters. The predicted octanol–water partition coefficient (Wildman–Crippen LogP) is 1.53. The third-order valence-electron chi connectivity index (χ3n) is 3.72. The van der Waals surface area contributed by atoms with Crippen LogP contribution in [0.3, 0.4) is 0 Å². The van der Waals surface area contributed by atoms with E-state index in [1.807, 2.05) is 6.07 Å². The summed E-state index contributed by atoms with van der Waals surface area (Å²) in [5.41, 5.74) is 7.84. The van der Waals surface area contributed by atoms with Crippen LogP contribution in [-0.2, 0) is 4.79 Å². The maximum atomic E-state index is 12.2. The smallest absolute Gasteiger partial charge is 0.244 e. The third-order valence-corrected chi connectivity index (χ3v) is 3.72. The van der Waals surface area contributed by atoms with Crippen LogP contribution in [0.1, 0.15) is 30.1 Å². The van der Waals surface area contributed by atoms with Gasteiger partial charge >= 0.3 is 0 Å². The highest BCUT2D eigenvalue weighted by Gasteiger charge is 2.32. The van der Waals surface area contributed by atoms with Crippen molar-refractivity contribution in [2.45, 2.75) is 25.8 Å². The first-order valence-electron chi connectivity index (χ1n) is 6.80. The van der Waals surface area contributed by atoms with Crippen molar-refractivity contribution in [1.82, 2.24) is 4.90 Å². The van der Waals surface area contributed by atoms with Gasteiger partial charge in [-0.15, -0.1) is 0 Å². The molecule has 2 N–H and O–H groups in total. The Kier molecular flexibility index (Phi) is 3.97. The molecule has 0 aromatic heterocycles. The fraction of sp³-hybridized carbons (Fsp3) is 0.467. The van der Waals surface area contributed by atoms with Crippen molar-refractivity contribution in [2.75, 3.05) is 31.3 Å². The number of nitrogen functional groups attached to an aromatic ring is 1. The second-order valence-electron chi connectivity index (χ2n) is 5.41. The molecule has 108 valence electrons. The number of anilines is 2. The Balaban J connectivity index is 2.29. The molecule has 0 radical (unpaired) electrons. The zero-order chi connectivity index (χ0) is 14.9. The highest BCUT2D eigenvalue weighted by Crippen LogP contribution is 2.29. The Labute approximate surface area is 119 Å². The molecule has 0 bridgehead atoms. The average Bonchev–Trinajstić information content (AvgIpc) is 2.86. The fourth-order valence-corrected chi connectivity index (χ4v) is 2.68. The maximum absolute atomic E-state index is 12.2. The van der Waals surface area contributed by atoms with Crippen LogP contribution in [0.5, 0.6) is 0 Å². The lowest BCUT2D eigenvalue weighted by Gasteiger charge is -2.28. The molecule has 1 unspecified atom stereocenters. The summed E-state index contributed by atoms with van der Waals surface area (Å²) in [6.07, 6.45) is 1.84. The summed E-state index contributed by atoms with van der Waals surface area (Å²) in [6.45, 7) is 2.34. The van der Waals surface area contributed by atoms with Gasteiger partial charge in [0.2, 0.25) is 5.91 Å². The highest BCUT2D eigenvalue weighted by atomic mass is 16.2. The molecule has 1 aliphatic heterocycles. The molecule has 20 heavy (non-hydrogen) atoms. The van der Waals surface area contributed by atoms with E-state index in [2.05, 4.69) is 4.90 Å². The Bertz CT molecular complexity index is 540. The van der Waals surface area contributed by atoms with Gasteiger partial charge in [-0.1, -0.05) is 0 Å². The zero-order valence-corrected chi connectivity index (χ0v) is 12.2. The number of nitrogens with two attached hydrogens (primary N) is 1. The van der Waals surface area contributed by atoms with Crippen molar-refractivity contribution < 1.29 is 9.59 Å². The Hall–Kier alpha value is -2.04. The summed E-state index contributed by atoms with van der Waals surface area (Å²) < 4.78 is 0. The molecule has 1 aliphatic rings. The van der Waals surface area contributed by atoms with Gasteiger partial charge in [-0.25, -0.2) is 0 Å². The molecule has 1 fully saturated rings. The highest BCUT2D eigenvalue weighted by molar-refractivity contribution is 5.99. The van der Waals surface area contributed by atoms with E-state index in [1.165, 1.54) is 6.92 Å². The van der Waals surface area contributed by atoms with Gasteiger partial charge in [0, 0.05) is 37.6 Å². The molecular formula is C15H21N3O2. The van der Waals surface area contributed by atoms with E-state index in [1.54, 1.807) is 31.1 Å². The molecule has 5 heteroatoms. The monoisotopic (exact) mass is 275 g/mol. The van der Waals surface area contributed by atoms with E-state index in [-0.39, 0.29) is 17.7 Å². The summed E-state index contributed by atoms with van der Waals surface area (Å²) in [7, 11) is 3.54. The number of Topliss-reactive ketones (excluding diaryl/α,β-unsaturated/α-hetero) is 1. The van der Waals surface area contributed by atoms with E-state index in [0.717, 1.165) is 25.1 Å². The molecule has 0 aliphatic carbocycles. The van der Waals surface area contributed by atoms with Gasteiger partial charge in [0.1, 0.15) is 6.04 Å². The predicted molar refractivity (Wildman–Crippen MR) is 79.9 cm³/mol. The molecule has 1 saturated heterocycles. The number of carbonyl (C=O) groups excluding carboxylic acids is 2.